The second kappa shape index (κ2) is 7.92. The zero-order valence-corrected chi connectivity index (χ0v) is 9.91. The van der Waals surface area contributed by atoms with Crippen LogP contribution in [0, 0.1) is 0 Å². The van der Waals surface area contributed by atoms with Crippen LogP contribution >= 0.6 is 27.7 Å². The van der Waals surface area contributed by atoms with Gasteiger partial charge in [0.25, 0.3) is 0 Å². The fraction of sp³-hybridized carbons (Fsp3) is 0.875. The molecule has 1 atom stereocenters. The number of esters is 1. The maximum Gasteiger partial charge on any atom is 0.320 e. The van der Waals surface area contributed by atoms with Crippen molar-refractivity contribution in [3.63, 3.8) is 0 Å². The second-order valence-corrected chi connectivity index (χ2v) is 4.67. The third kappa shape index (κ3) is 5.89. The summed E-state index contributed by atoms with van der Waals surface area (Å²) in [5.74, 6) is 1.74. The highest BCUT2D eigenvalue weighted by molar-refractivity contribution is 9.10. The van der Waals surface area contributed by atoms with Crippen LogP contribution in [0.1, 0.15) is 19.8 Å². The quantitative estimate of drug-likeness (QED) is 0.414. The molecule has 0 saturated heterocycles. The molecule has 0 fully saturated rings. The highest BCUT2D eigenvalue weighted by Crippen LogP contribution is 2.12. The highest BCUT2D eigenvalue weighted by atomic mass is 79.9. The van der Waals surface area contributed by atoms with Gasteiger partial charge in [0.1, 0.15) is 4.83 Å². The summed E-state index contributed by atoms with van der Waals surface area (Å²) >= 11 is 5.04. The van der Waals surface area contributed by atoms with Crippen LogP contribution < -0.4 is 0 Å². The Hall–Kier alpha value is 0.300. The van der Waals surface area contributed by atoms with Gasteiger partial charge in [-0.3, -0.25) is 4.79 Å². The lowest BCUT2D eigenvalue weighted by atomic mass is 10.4. The molecule has 0 heterocycles. The van der Waals surface area contributed by atoms with Gasteiger partial charge in [0.2, 0.25) is 0 Å². The highest BCUT2D eigenvalue weighted by Gasteiger charge is 2.13. The smallest absolute Gasteiger partial charge is 0.320 e. The van der Waals surface area contributed by atoms with Crippen molar-refractivity contribution in [2.24, 2.45) is 0 Å². The first kappa shape index (κ1) is 12.3. The molecule has 2 nitrogen and oxygen atoms in total. The molecule has 12 heavy (non-hydrogen) atoms. The Bertz CT molecular complexity index is 130. The van der Waals surface area contributed by atoms with Crippen LogP contribution in [0.3, 0.4) is 0 Å². The van der Waals surface area contributed by atoms with E-state index in [-0.39, 0.29) is 10.8 Å². The molecule has 0 radical (unpaired) electrons. The Labute approximate surface area is 86.6 Å². The summed E-state index contributed by atoms with van der Waals surface area (Å²) in [5, 5.41) is 0. The van der Waals surface area contributed by atoms with E-state index < -0.39 is 0 Å². The lowest BCUT2D eigenvalue weighted by molar-refractivity contribution is -0.139. The normalized spacial score (nSPS) is 12.6. The Morgan fingerprint density at radius 1 is 1.67 bits per heavy atom. The van der Waals surface area contributed by atoms with Gasteiger partial charge < -0.3 is 4.74 Å². The van der Waals surface area contributed by atoms with E-state index in [0.29, 0.717) is 0 Å². The molecule has 4 heteroatoms. The van der Waals surface area contributed by atoms with Crippen molar-refractivity contribution in [1.82, 2.24) is 0 Å². The minimum absolute atomic E-state index is 0.149. The van der Waals surface area contributed by atoms with Gasteiger partial charge >= 0.3 is 5.97 Å². The van der Waals surface area contributed by atoms with E-state index in [1.54, 1.807) is 11.8 Å². The molecule has 1 unspecified atom stereocenters. The van der Waals surface area contributed by atoms with Crippen LogP contribution in [0.25, 0.3) is 0 Å². The number of thioether (sulfide) groups is 1. The topological polar surface area (TPSA) is 26.3 Å². The summed E-state index contributed by atoms with van der Waals surface area (Å²) in [6.07, 6.45) is 2.42. The zero-order chi connectivity index (χ0) is 9.40. The van der Waals surface area contributed by atoms with E-state index in [1.165, 1.54) is 20.0 Å². The largest absolute Gasteiger partial charge is 0.468 e. The third-order valence-electron chi connectivity index (χ3n) is 1.36. The average molecular weight is 255 g/mol. The molecule has 0 aliphatic rings. The fourth-order valence-corrected chi connectivity index (χ4v) is 2.38. The van der Waals surface area contributed by atoms with Gasteiger partial charge in [0, 0.05) is 5.75 Å². The first-order chi connectivity index (χ1) is 5.72. The standard InChI is InChI=1S/C8H15BrO2S/c1-3-4-5-12-6-7(9)8(10)11-2/h7H,3-6H2,1-2H3. The van der Waals surface area contributed by atoms with Crippen molar-refractivity contribution >= 4 is 33.7 Å². The van der Waals surface area contributed by atoms with Crippen LogP contribution in [0.2, 0.25) is 0 Å². The van der Waals surface area contributed by atoms with Crippen molar-refractivity contribution in [1.29, 1.82) is 0 Å². The van der Waals surface area contributed by atoms with Crippen LogP contribution in [-0.4, -0.2) is 29.4 Å². The molecule has 0 N–H and O–H groups in total. The van der Waals surface area contributed by atoms with Gasteiger partial charge in [-0.2, -0.15) is 11.8 Å². The molecule has 0 spiro atoms. The number of rotatable bonds is 6. The van der Waals surface area contributed by atoms with E-state index in [1.807, 2.05) is 0 Å². The van der Waals surface area contributed by atoms with Crippen molar-refractivity contribution in [2.45, 2.75) is 24.6 Å². The molecule has 0 amide bonds. The monoisotopic (exact) mass is 254 g/mol. The van der Waals surface area contributed by atoms with Crippen molar-refractivity contribution in [3.8, 4) is 0 Å². The first-order valence-electron chi connectivity index (χ1n) is 4.02. The van der Waals surface area contributed by atoms with Gasteiger partial charge in [0.05, 0.1) is 7.11 Å². The lowest BCUT2D eigenvalue weighted by Gasteiger charge is -2.05. The average Bonchev–Trinajstić information content (AvgIpc) is 2.10. The Balaban J connectivity index is 3.31. The number of hydrogen-bond donors (Lipinski definition) is 0. The van der Waals surface area contributed by atoms with Crippen molar-refractivity contribution < 1.29 is 9.53 Å². The zero-order valence-electron chi connectivity index (χ0n) is 7.51. The van der Waals surface area contributed by atoms with E-state index >= 15 is 0 Å². The van der Waals surface area contributed by atoms with Crippen molar-refractivity contribution in [3.05, 3.63) is 0 Å². The number of carbonyl (C=O) groups is 1. The summed E-state index contributed by atoms with van der Waals surface area (Å²) in [5.41, 5.74) is 0. The van der Waals surface area contributed by atoms with Crippen LogP contribution in [0.5, 0.6) is 0 Å². The Kier molecular flexibility index (Phi) is 8.12. The predicted molar refractivity (Wildman–Crippen MR) is 57.0 cm³/mol. The molecule has 0 bridgehead atoms. The molecule has 0 aromatic carbocycles. The minimum Gasteiger partial charge on any atom is -0.468 e. The molecule has 0 aliphatic carbocycles. The summed E-state index contributed by atoms with van der Waals surface area (Å²) in [6.45, 7) is 2.16. The van der Waals surface area contributed by atoms with Crippen LogP contribution in [-0.2, 0) is 9.53 Å². The van der Waals surface area contributed by atoms with Crippen molar-refractivity contribution in [2.75, 3.05) is 18.6 Å². The number of halogens is 1. The van der Waals surface area contributed by atoms with Crippen LogP contribution in [0.15, 0.2) is 0 Å². The maximum atomic E-state index is 10.9. The van der Waals surface area contributed by atoms with E-state index in [4.69, 9.17) is 0 Å². The fourth-order valence-electron chi connectivity index (χ4n) is 0.629. The Morgan fingerprint density at radius 2 is 2.33 bits per heavy atom. The minimum atomic E-state index is -0.181. The number of alkyl halides is 1. The maximum absolute atomic E-state index is 10.9. The molecule has 0 aromatic rings. The van der Waals surface area contributed by atoms with Gasteiger partial charge in [-0.1, -0.05) is 29.3 Å². The third-order valence-corrected chi connectivity index (χ3v) is 3.64. The molecule has 0 aromatic heterocycles. The van der Waals surface area contributed by atoms with E-state index in [9.17, 15) is 4.79 Å². The number of methoxy groups -OCH3 is 1. The van der Waals surface area contributed by atoms with Gasteiger partial charge in [-0.05, 0) is 12.2 Å². The van der Waals surface area contributed by atoms with Gasteiger partial charge in [-0.25, -0.2) is 0 Å². The molecule has 0 rings (SSSR count). The summed E-state index contributed by atoms with van der Waals surface area (Å²) in [7, 11) is 1.41. The number of carbonyl (C=O) groups excluding carboxylic acids is 1. The van der Waals surface area contributed by atoms with Crippen LogP contribution in [0.4, 0.5) is 0 Å². The van der Waals surface area contributed by atoms with Gasteiger partial charge in [0.15, 0.2) is 0 Å². The van der Waals surface area contributed by atoms with E-state index in [2.05, 4.69) is 27.6 Å². The summed E-state index contributed by atoms with van der Waals surface area (Å²) in [6, 6.07) is 0. The number of ether oxygens (including phenoxy) is 1. The molecular weight excluding hydrogens is 240 g/mol. The molecule has 0 saturated carbocycles. The Morgan fingerprint density at radius 3 is 2.83 bits per heavy atom. The SMILES string of the molecule is CCCCSCC(Br)C(=O)OC. The molecule has 0 aliphatic heterocycles. The second-order valence-electron chi connectivity index (χ2n) is 2.42. The van der Waals surface area contributed by atoms with Gasteiger partial charge in [-0.15, -0.1) is 0 Å². The lowest BCUT2D eigenvalue weighted by Crippen LogP contribution is -2.18. The predicted octanol–water partition coefficient (Wildman–Crippen LogP) is 2.46. The van der Waals surface area contributed by atoms with E-state index in [0.717, 1.165) is 11.5 Å². The first-order valence-corrected chi connectivity index (χ1v) is 6.09. The molecule has 72 valence electrons. The summed E-state index contributed by atoms with van der Waals surface area (Å²) < 4.78 is 4.57. The summed E-state index contributed by atoms with van der Waals surface area (Å²) in [4.78, 5) is 10.7. The molecular formula is C8H15BrO2S. The number of unbranched alkanes of at least 4 members (excludes halogenated alkanes) is 1. The number of hydrogen-bond acceptors (Lipinski definition) is 3.